The number of Topliss-reactive ketones (excluding diaryl/α,β-unsaturated/α-hetero) is 1. The van der Waals surface area contributed by atoms with Crippen molar-refractivity contribution in [2.24, 2.45) is 5.92 Å². The first-order valence-corrected chi connectivity index (χ1v) is 10.3. The molecule has 1 fully saturated rings. The number of hydrogen-bond acceptors (Lipinski definition) is 5. The van der Waals surface area contributed by atoms with Crippen LogP contribution in [0.15, 0.2) is 11.4 Å². The molecule has 1 aliphatic rings. The largest absolute Gasteiger partial charge is 0.355 e. The Bertz CT molecular complexity index is 681. The summed E-state index contributed by atoms with van der Waals surface area (Å²) in [7, 11) is -3.16. The van der Waals surface area contributed by atoms with Crippen LogP contribution in [0.25, 0.3) is 0 Å². The van der Waals surface area contributed by atoms with Crippen LogP contribution in [0.1, 0.15) is 35.0 Å². The smallest absolute Gasteiger partial charge is 0.224 e. The quantitative estimate of drug-likeness (QED) is 0.777. The molecule has 0 unspecified atom stereocenters. The van der Waals surface area contributed by atoms with Gasteiger partial charge in [0.05, 0.1) is 17.6 Å². The molecular weight excluding hydrogens is 336 g/mol. The van der Waals surface area contributed by atoms with Crippen molar-refractivity contribution in [1.82, 2.24) is 9.62 Å². The summed E-state index contributed by atoms with van der Waals surface area (Å²) < 4.78 is 24.6. The summed E-state index contributed by atoms with van der Waals surface area (Å²) in [5.41, 5.74) is 0.833. The summed E-state index contributed by atoms with van der Waals surface area (Å²) in [6, 6.07) is 1.75. The van der Waals surface area contributed by atoms with E-state index in [1.807, 2.05) is 5.38 Å². The zero-order chi connectivity index (χ0) is 17.0. The molecule has 2 heterocycles. The lowest BCUT2D eigenvalue weighted by Gasteiger charge is -2.30. The topological polar surface area (TPSA) is 83.6 Å². The molecule has 128 valence electrons. The summed E-state index contributed by atoms with van der Waals surface area (Å²) in [4.78, 5) is 23.9. The first-order valence-electron chi connectivity index (χ1n) is 7.56. The maximum Gasteiger partial charge on any atom is 0.224 e. The number of amides is 1. The second-order valence-electron chi connectivity index (χ2n) is 5.99. The van der Waals surface area contributed by atoms with Crippen LogP contribution in [-0.4, -0.2) is 50.3 Å². The highest BCUT2D eigenvalue weighted by Gasteiger charge is 2.26. The lowest BCUT2D eigenvalue weighted by atomic mass is 9.99. The maximum atomic E-state index is 12.0. The van der Waals surface area contributed by atoms with E-state index < -0.39 is 10.0 Å². The third kappa shape index (κ3) is 5.40. The first-order chi connectivity index (χ1) is 10.8. The van der Waals surface area contributed by atoms with E-state index in [0.29, 0.717) is 24.5 Å². The van der Waals surface area contributed by atoms with Crippen molar-refractivity contribution < 1.29 is 18.0 Å². The number of hydrogen-bond donors (Lipinski definition) is 1. The van der Waals surface area contributed by atoms with Gasteiger partial charge in [0.15, 0.2) is 5.78 Å². The molecule has 1 saturated heterocycles. The minimum absolute atomic E-state index is 0.00438. The van der Waals surface area contributed by atoms with Crippen LogP contribution in [0.2, 0.25) is 0 Å². The first kappa shape index (κ1) is 18.1. The second kappa shape index (κ2) is 7.55. The number of piperidine rings is 1. The van der Waals surface area contributed by atoms with Crippen LogP contribution in [-0.2, 0) is 21.2 Å². The number of nitrogens with one attached hydrogen (secondary N) is 1. The van der Waals surface area contributed by atoms with Gasteiger partial charge in [0.1, 0.15) is 0 Å². The van der Waals surface area contributed by atoms with E-state index >= 15 is 0 Å². The molecule has 0 radical (unpaired) electrons. The van der Waals surface area contributed by atoms with Gasteiger partial charge in [0.25, 0.3) is 0 Å². The van der Waals surface area contributed by atoms with Crippen molar-refractivity contribution in [2.45, 2.75) is 26.2 Å². The number of nitrogens with zero attached hydrogens (tertiary/aromatic N) is 1. The third-order valence-corrected chi connectivity index (χ3v) is 6.25. The molecule has 1 aromatic rings. The molecule has 2 rings (SSSR count). The Morgan fingerprint density at radius 2 is 2.17 bits per heavy atom. The number of thiophene rings is 1. The van der Waals surface area contributed by atoms with Crippen molar-refractivity contribution in [2.75, 3.05) is 25.9 Å². The molecule has 0 saturated carbocycles. The third-order valence-electron chi connectivity index (χ3n) is 3.90. The number of carbonyl (C=O) groups is 2. The van der Waals surface area contributed by atoms with Crippen LogP contribution in [0.4, 0.5) is 0 Å². The van der Waals surface area contributed by atoms with Crippen LogP contribution >= 0.6 is 11.3 Å². The van der Waals surface area contributed by atoms with E-state index in [0.717, 1.165) is 18.4 Å². The predicted molar refractivity (Wildman–Crippen MR) is 90.2 cm³/mol. The molecule has 1 amide bonds. The highest BCUT2D eigenvalue weighted by molar-refractivity contribution is 7.88. The van der Waals surface area contributed by atoms with E-state index in [-0.39, 0.29) is 24.0 Å². The standard InChI is InChI=1S/C15H22N2O4S2/c1-11(18)14-6-13(10-22-14)7-15(19)16-8-12-4-3-5-17(9-12)23(2,20)21/h6,10,12H,3-5,7-9H2,1-2H3,(H,16,19)/t12-/m0/s1. The normalized spacial score (nSPS) is 19.5. The van der Waals surface area contributed by atoms with Gasteiger partial charge < -0.3 is 5.32 Å². The minimum Gasteiger partial charge on any atom is -0.355 e. The van der Waals surface area contributed by atoms with Crippen LogP contribution in [0, 0.1) is 5.92 Å². The van der Waals surface area contributed by atoms with E-state index in [2.05, 4.69) is 5.32 Å². The van der Waals surface area contributed by atoms with Crippen molar-refractivity contribution in [1.29, 1.82) is 0 Å². The Labute approximate surface area is 140 Å². The van der Waals surface area contributed by atoms with Gasteiger partial charge in [-0.2, -0.15) is 0 Å². The molecular formula is C15H22N2O4S2. The Morgan fingerprint density at radius 1 is 1.43 bits per heavy atom. The zero-order valence-electron chi connectivity index (χ0n) is 13.4. The van der Waals surface area contributed by atoms with Crippen LogP contribution in [0.3, 0.4) is 0 Å². The Kier molecular flexibility index (Phi) is 5.94. The fraction of sp³-hybridized carbons (Fsp3) is 0.600. The van der Waals surface area contributed by atoms with Gasteiger partial charge >= 0.3 is 0 Å². The molecule has 8 heteroatoms. The van der Waals surface area contributed by atoms with Gasteiger partial charge in [0, 0.05) is 19.6 Å². The Morgan fingerprint density at radius 3 is 2.78 bits per heavy atom. The molecule has 1 N–H and O–H groups in total. The predicted octanol–water partition coefficient (Wildman–Crippen LogP) is 1.28. The number of sulfonamides is 1. The van der Waals surface area contributed by atoms with Crippen molar-refractivity contribution in [3.63, 3.8) is 0 Å². The fourth-order valence-electron chi connectivity index (χ4n) is 2.65. The average molecular weight is 358 g/mol. The highest BCUT2D eigenvalue weighted by atomic mass is 32.2. The maximum absolute atomic E-state index is 12.0. The van der Waals surface area contributed by atoms with Crippen molar-refractivity contribution in [3.8, 4) is 0 Å². The molecule has 6 nitrogen and oxygen atoms in total. The molecule has 0 bridgehead atoms. The van der Waals surface area contributed by atoms with Crippen LogP contribution in [0.5, 0.6) is 0 Å². The molecule has 1 atom stereocenters. The fourth-order valence-corrected chi connectivity index (χ4v) is 4.41. The monoisotopic (exact) mass is 358 g/mol. The SMILES string of the molecule is CC(=O)c1cc(CC(=O)NC[C@@H]2CCCN(S(C)(=O)=O)C2)cs1. The number of rotatable bonds is 6. The molecule has 0 spiro atoms. The van der Waals surface area contributed by atoms with Gasteiger partial charge in [-0.15, -0.1) is 11.3 Å². The Balaban J connectivity index is 1.80. The highest BCUT2D eigenvalue weighted by Crippen LogP contribution is 2.18. The lowest BCUT2D eigenvalue weighted by Crippen LogP contribution is -2.43. The Hall–Kier alpha value is -1.25. The van der Waals surface area contributed by atoms with E-state index in [1.165, 1.54) is 28.8 Å². The molecule has 1 aromatic heterocycles. The minimum atomic E-state index is -3.16. The van der Waals surface area contributed by atoms with Crippen LogP contribution < -0.4 is 5.32 Å². The number of carbonyl (C=O) groups excluding carboxylic acids is 2. The molecule has 0 aromatic carbocycles. The molecule has 1 aliphatic heterocycles. The summed E-state index contributed by atoms with van der Waals surface area (Å²) in [5, 5.41) is 4.69. The molecule has 23 heavy (non-hydrogen) atoms. The van der Waals surface area contributed by atoms with E-state index in [4.69, 9.17) is 0 Å². The average Bonchev–Trinajstić information content (AvgIpc) is 2.93. The van der Waals surface area contributed by atoms with Gasteiger partial charge in [-0.25, -0.2) is 12.7 Å². The summed E-state index contributed by atoms with van der Waals surface area (Å²) >= 11 is 1.35. The van der Waals surface area contributed by atoms with Gasteiger partial charge in [-0.05, 0) is 42.7 Å². The molecule has 0 aliphatic carbocycles. The summed E-state index contributed by atoms with van der Waals surface area (Å²) in [5.74, 6) is 0.0526. The van der Waals surface area contributed by atoms with Gasteiger partial charge in [0.2, 0.25) is 15.9 Å². The number of ketones is 1. The van der Waals surface area contributed by atoms with E-state index in [1.54, 1.807) is 6.07 Å². The zero-order valence-corrected chi connectivity index (χ0v) is 15.0. The summed E-state index contributed by atoms with van der Waals surface area (Å²) in [6.45, 7) is 3.01. The van der Waals surface area contributed by atoms with Crippen molar-refractivity contribution in [3.05, 3.63) is 21.9 Å². The lowest BCUT2D eigenvalue weighted by molar-refractivity contribution is -0.120. The van der Waals surface area contributed by atoms with E-state index in [9.17, 15) is 18.0 Å². The summed E-state index contributed by atoms with van der Waals surface area (Å²) in [6.07, 6.45) is 3.20. The van der Waals surface area contributed by atoms with Gasteiger partial charge in [-0.1, -0.05) is 0 Å². The van der Waals surface area contributed by atoms with Gasteiger partial charge in [-0.3, -0.25) is 9.59 Å². The second-order valence-corrected chi connectivity index (χ2v) is 8.88. The van der Waals surface area contributed by atoms with Crippen molar-refractivity contribution >= 4 is 33.1 Å².